The molecule has 2 heterocycles. The molecule has 0 fully saturated rings. The average molecular weight is 244 g/mol. The van der Waals surface area contributed by atoms with Crippen molar-refractivity contribution >= 4 is 34.2 Å². The molecule has 5 heteroatoms. The van der Waals surface area contributed by atoms with E-state index in [4.69, 9.17) is 0 Å². The van der Waals surface area contributed by atoms with Crippen LogP contribution in [0.3, 0.4) is 0 Å². The molecular formula is C7H6BrN3S. The van der Waals surface area contributed by atoms with Crippen LogP contribution in [0.5, 0.6) is 0 Å². The highest BCUT2D eigenvalue weighted by Crippen LogP contribution is 2.11. The van der Waals surface area contributed by atoms with E-state index in [9.17, 15) is 0 Å². The Hall–Kier alpha value is -0.550. The second-order valence-electron chi connectivity index (χ2n) is 2.33. The van der Waals surface area contributed by atoms with Gasteiger partial charge in [-0.1, -0.05) is 15.9 Å². The van der Waals surface area contributed by atoms with Crippen molar-refractivity contribution in [1.29, 1.82) is 0 Å². The summed E-state index contributed by atoms with van der Waals surface area (Å²) in [5.41, 5.74) is 0.841. The Balaban J connectivity index is 2.67. The quantitative estimate of drug-likeness (QED) is 0.777. The van der Waals surface area contributed by atoms with Gasteiger partial charge in [0.15, 0.2) is 11.5 Å². The molecule has 0 aliphatic heterocycles. The third-order valence-corrected chi connectivity index (χ3v) is 2.26. The summed E-state index contributed by atoms with van der Waals surface area (Å²) >= 11 is 7.46. The van der Waals surface area contributed by atoms with Crippen molar-refractivity contribution in [3.63, 3.8) is 0 Å². The first-order valence-corrected chi connectivity index (χ1v) is 4.84. The normalized spacial score (nSPS) is 10.8. The van der Waals surface area contributed by atoms with E-state index in [1.807, 2.05) is 18.3 Å². The Kier molecular flexibility index (Phi) is 2.06. The zero-order valence-electron chi connectivity index (χ0n) is 6.11. The van der Waals surface area contributed by atoms with Gasteiger partial charge in [-0.15, -0.1) is 0 Å². The smallest absolute Gasteiger partial charge is 0.161 e. The molecule has 0 aliphatic rings. The molecule has 3 nitrogen and oxygen atoms in total. The van der Waals surface area contributed by atoms with Crippen LogP contribution in [-0.2, 0) is 5.75 Å². The van der Waals surface area contributed by atoms with Crippen LogP contribution in [0.25, 0.3) is 5.65 Å². The summed E-state index contributed by atoms with van der Waals surface area (Å²) in [5.74, 6) is 1.32. The van der Waals surface area contributed by atoms with E-state index in [1.54, 1.807) is 4.52 Å². The van der Waals surface area contributed by atoms with Gasteiger partial charge in [0.2, 0.25) is 0 Å². The van der Waals surface area contributed by atoms with E-state index in [2.05, 4.69) is 38.6 Å². The van der Waals surface area contributed by atoms with Gasteiger partial charge in [-0.3, -0.25) is 0 Å². The predicted molar refractivity (Wildman–Crippen MR) is 53.4 cm³/mol. The van der Waals surface area contributed by atoms with Crippen LogP contribution in [0.1, 0.15) is 5.82 Å². The minimum absolute atomic E-state index is 0.569. The fourth-order valence-electron chi connectivity index (χ4n) is 0.970. The molecule has 0 radical (unpaired) electrons. The summed E-state index contributed by atoms with van der Waals surface area (Å²) in [7, 11) is 0. The lowest BCUT2D eigenvalue weighted by Crippen LogP contribution is -1.85. The molecule has 0 atom stereocenters. The topological polar surface area (TPSA) is 30.2 Å². The lowest BCUT2D eigenvalue weighted by atomic mass is 10.5. The molecule has 0 aromatic carbocycles. The van der Waals surface area contributed by atoms with Gasteiger partial charge >= 0.3 is 0 Å². The number of fused-ring (bicyclic) bond motifs is 1. The van der Waals surface area contributed by atoms with E-state index in [0.717, 1.165) is 15.9 Å². The number of nitrogens with zero attached hydrogens (tertiary/aromatic N) is 3. The van der Waals surface area contributed by atoms with Crippen molar-refractivity contribution in [3.05, 3.63) is 28.6 Å². The zero-order valence-corrected chi connectivity index (χ0v) is 8.59. The molecule has 0 N–H and O–H groups in total. The average Bonchev–Trinajstić information content (AvgIpc) is 2.46. The number of hydrogen-bond donors (Lipinski definition) is 1. The van der Waals surface area contributed by atoms with Gasteiger partial charge in [0.05, 0.1) is 5.75 Å². The summed E-state index contributed by atoms with van der Waals surface area (Å²) in [6.45, 7) is 0. The van der Waals surface area contributed by atoms with Gasteiger partial charge in [0.1, 0.15) is 0 Å². The predicted octanol–water partition coefficient (Wildman–Crippen LogP) is 1.92. The molecule has 0 unspecified atom stereocenters. The van der Waals surface area contributed by atoms with Crippen molar-refractivity contribution in [3.8, 4) is 0 Å². The summed E-state index contributed by atoms with van der Waals surface area (Å²) < 4.78 is 2.74. The highest BCUT2D eigenvalue weighted by atomic mass is 79.9. The van der Waals surface area contributed by atoms with Gasteiger partial charge in [0, 0.05) is 10.7 Å². The minimum atomic E-state index is 0.569. The first kappa shape index (κ1) is 8.07. The summed E-state index contributed by atoms with van der Waals surface area (Å²) in [5, 5.41) is 4.18. The summed E-state index contributed by atoms with van der Waals surface area (Å²) in [6.07, 6.45) is 1.86. The van der Waals surface area contributed by atoms with Crippen molar-refractivity contribution in [1.82, 2.24) is 14.6 Å². The standard InChI is InChI=1S/C7H6BrN3S/c8-5-1-2-11-7(3-5)9-6(4-12)10-11/h1-3,12H,4H2. The van der Waals surface area contributed by atoms with Crippen molar-refractivity contribution in [2.45, 2.75) is 5.75 Å². The molecule has 0 saturated carbocycles. The van der Waals surface area contributed by atoms with Gasteiger partial charge < -0.3 is 0 Å². The summed E-state index contributed by atoms with van der Waals surface area (Å²) in [4.78, 5) is 4.24. The highest BCUT2D eigenvalue weighted by Gasteiger charge is 2.00. The van der Waals surface area contributed by atoms with Crippen molar-refractivity contribution in [2.75, 3.05) is 0 Å². The van der Waals surface area contributed by atoms with Crippen LogP contribution in [0.2, 0.25) is 0 Å². The molecule has 12 heavy (non-hydrogen) atoms. The number of pyridine rings is 1. The maximum Gasteiger partial charge on any atom is 0.161 e. The monoisotopic (exact) mass is 243 g/mol. The summed E-state index contributed by atoms with van der Waals surface area (Å²) in [6, 6.07) is 3.84. The first-order chi connectivity index (χ1) is 5.79. The number of halogens is 1. The van der Waals surface area contributed by atoms with Gasteiger partial charge in [-0.2, -0.15) is 17.7 Å². The molecule has 0 aliphatic carbocycles. The molecule has 62 valence electrons. The van der Waals surface area contributed by atoms with E-state index >= 15 is 0 Å². The van der Waals surface area contributed by atoms with Gasteiger partial charge in [-0.25, -0.2) is 9.50 Å². The van der Waals surface area contributed by atoms with Crippen LogP contribution in [0.15, 0.2) is 22.8 Å². The Morgan fingerprint density at radius 3 is 3.17 bits per heavy atom. The van der Waals surface area contributed by atoms with Crippen LogP contribution in [0, 0.1) is 0 Å². The van der Waals surface area contributed by atoms with Crippen LogP contribution in [0.4, 0.5) is 0 Å². The second-order valence-corrected chi connectivity index (χ2v) is 3.57. The van der Waals surface area contributed by atoms with E-state index in [0.29, 0.717) is 5.75 Å². The van der Waals surface area contributed by atoms with Crippen LogP contribution >= 0.6 is 28.6 Å². The maximum absolute atomic E-state index is 4.24. The third kappa shape index (κ3) is 1.34. The van der Waals surface area contributed by atoms with E-state index in [-0.39, 0.29) is 0 Å². The Morgan fingerprint density at radius 1 is 1.58 bits per heavy atom. The molecular weight excluding hydrogens is 238 g/mol. The largest absolute Gasteiger partial charge is 0.221 e. The number of thiol groups is 1. The molecule has 2 rings (SSSR count). The molecule has 0 amide bonds. The third-order valence-electron chi connectivity index (χ3n) is 1.48. The number of rotatable bonds is 1. The Morgan fingerprint density at radius 2 is 2.42 bits per heavy atom. The van der Waals surface area contributed by atoms with E-state index in [1.165, 1.54) is 0 Å². The van der Waals surface area contributed by atoms with Gasteiger partial charge in [-0.05, 0) is 12.1 Å². The highest BCUT2D eigenvalue weighted by molar-refractivity contribution is 9.10. The minimum Gasteiger partial charge on any atom is -0.221 e. The van der Waals surface area contributed by atoms with Crippen LogP contribution < -0.4 is 0 Å². The zero-order chi connectivity index (χ0) is 8.55. The van der Waals surface area contributed by atoms with Gasteiger partial charge in [0.25, 0.3) is 0 Å². The SMILES string of the molecule is SCc1nc2cc(Br)ccn2n1. The molecule has 0 spiro atoms. The second kappa shape index (κ2) is 3.06. The molecule has 2 aromatic heterocycles. The van der Waals surface area contributed by atoms with Crippen molar-refractivity contribution < 1.29 is 0 Å². The molecule has 0 saturated heterocycles. The van der Waals surface area contributed by atoms with Crippen molar-refractivity contribution in [2.24, 2.45) is 0 Å². The lowest BCUT2D eigenvalue weighted by Gasteiger charge is -1.89. The lowest BCUT2D eigenvalue weighted by molar-refractivity contribution is 0.924. The van der Waals surface area contributed by atoms with E-state index < -0.39 is 0 Å². The fraction of sp³-hybridized carbons (Fsp3) is 0.143. The Labute approximate surface area is 83.3 Å². The first-order valence-electron chi connectivity index (χ1n) is 3.41. The fourth-order valence-corrected chi connectivity index (χ4v) is 1.43. The Bertz CT molecular complexity index is 412. The number of hydrogen-bond acceptors (Lipinski definition) is 3. The molecule has 2 aromatic rings. The molecule has 0 bridgehead atoms. The van der Waals surface area contributed by atoms with Crippen LogP contribution in [-0.4, -0.2) is 14.6 Å². The maximum atomic E-state index is 4.24. The number of aromatic nitrogens is 3.